The van der Waals surface area contributed by atoms with Gasteiger partial charge in [-0.25, -0.2) is 0 Å². The number of hydrogen-bond donors (Lipinski definition) is 1. The molecular formula is C10H17N3S. The highest BCUT2D eigenvalue weighted by Crippen LogP contribution is 2.28. The first-order chi connectivity index (χ1) is 6.86. The Labute approximate surface area is 89.5 Å². The zero-order valence-electron chi connectivity index (χ0n) is 8.41. The van der Waals surface area contributed by atoms with Gasteiger partial charge in [0, 0.05) is 6.54 Å². The quantitative estimate of drug-likeness (QED) is 0.777. The van der Waals surface area contributed by atoms with Gasteiger partial charge in [-0.3, -0.25) is 5.10 Å². The summed E-state index contributed by atoms with van der Waals surface area (Å²) in [5, 5.41) is 6.68. The molecule has 1 aromatic heterocycles. The Morgan fingerprint density at radius 3 is 2.93 bits per heavy atom. The molecule has 1 saturated carbocycles. The van der Waals surface area contributed by atoms with Crippen LogP contribution in [0.4, 0.5) is 0 Å². The zero-order chi connectivity index (χ0) is 9.80. The first-order valence-corrected chi connectivity index (χ1v) is 5.87. The number of nitrogens with zero attached hydrogens (tertiary/aromatic N) is 2. The molecule has 78 valence electrons. The van der Waals surface area contributed by atoms with Gasteiger partial charge < -0.3 is 4.57 Å². The predicted molar refractivity (Wildman–Crippen MR) is 58.6 cm³/mol. The molecule has 0 amide bonds. The first kappa shape index (κ1) is 9.90. The minimum atomic E-state index is 0.747. The highest BCUT2D eigenvalue weighted by Gasteiger charge is 2.13. The van der Waals surface area contributed by atoms with E-state index < -0.39 is 0 Å². The summed E-state index contributed by atoms with van der Waals surface area (Å²) in [6, 6.07) is 0. The largest absolute Gasteiger partial charge is 0.307 e. The van der Waals surface area contributed by atoms with E-state index in [4.69, 9.17) is 12.2 Å². The summed E-state index contributed by atoms with van der Waals surface area (Å²) >= 11 is 5.08. The Morgan fingerprint density at radius 1 is 1.50 bits per heavy atom. The maximum atomic E-state index is 5.08. The van der Waals surface area contributed by atoms with E-state index in [1.165, 1.54) is 38.5 Å². The molecule has 1 aliphatic rings. The lowest BCUT2D eigenvalue weighted by Crippen LogP contribution is -2.00. The fourth-order valence-corrected chi connectivity index (χ4v) is 2.47. The van der Waals surface area contributed by atoms with Crippen LogP contribution in [0.2, 0.25) is 0 Å². The number of hydrogen-bond acceptors (Lipinski definition) is 2. The third kappa shape index (κ3) is 2.44. The van der Waals surface area contributed by atoms with E-state index in [0.717, 1.165) is 17.2 Å². The molecule has 4 heteroatoms. The van der Waals surface area contributed by atoms with Crippen molar-refractivity contribution >= 4 is 12.2 Å². The molecule has 0 atom stereocenters. The second kappa shape index (κ2) is 4.73. The summed E-state index contributed by atoms with van der Waals surface area (Å²) in [4.78, 5) is 0. The molecule has 3 nitrogen and oxygen atoms in total. The number of aromatic nitrogens is 3. The molecule has 1 heterocycles. The van der Waals surface area contributed by atoms with Gasteiger partial charge in [-0.05, 0) is 31.0 Å². The van der Waals surface area contributed by atoms with Crippen molar-refractivity contribution in [3.8, 4) is 0 Å². The van der Waals surface area contributed by atoms with Crippen molar-refractivity contribution in [2.45, 2.75) is 45.1 Å². The normalized spacial score (nSPS) is 17.7. The van der Waals surface area contributed by atoms with Crippen LogP contribution in [0.5, 0.6) is 0 Å². The van der Waals surface area contributed by atoms with Gasteiger partial charge in [0.1, 0.15) is 6.33 Å². The van der Waals surface area contributed by atoms with E-state index in [1.807, 2.05) is 4.57 Å². The monoisotopic (exact) mass is 211 g/mol. The molecule has 14 heavy (non-hydrogen) atoms. The molecule has 0 aromatic carbocycles. The topological polar surface area (TPSA) is 33.6 Å². The van der Waals surface area contributed by atoms with Gasteiger partial charge in [0.25, 0.3) is 0 Å². The van der Waals surface area contributed by atoms with Gasteiger partial charge in [-0.2, -0.15) is 5.10 Å². The van der Waals surface area contributed by atoms with E-state index in [-0.39, 0.29) is 0 Å². The maximum Gasteiger partial charge on any atom is 0.194 e. The van der Waals surface area contributed by atoms with Crippen LogP contribution in [0.25, 0.3) is 0 Å². The Hall–Kier alpha value is -0.640. The Kier molecular flexibility index (Phi) is 3.35. The average molecular weight is 211 g/mol. The second-order valence-electron chi connectivity index (χ2n) is 4.15. The smallest absolute Gasteiger partial charge is 0.194 e. The second-order valence-corrected chi connectivity index (χ2v) is 4.53. The van der Waals surface area contributed by atoms with E-state index >= 15 is 0 Å². The summed E-state index contributed by atoms with van der Waals surface area (Å²) < 4.78 is 2.76. The minimum Gasteiger partial charge on any atom is -0.307 e. The number of aromatic amines is 1. The third-order valence-electron chi connectivity index (χ3n) is 3.10. The Bertz CT molecular complexity index is 322. The highest BCUT2D eigenvalue weighted by molar-refractivity contribution is 7.71. The molecule has 0 radical (unpaired) electrons. The van der Waals surface area contributed by atoms with Crippen LogP contribution in [-0.2, 0) is 6.54 Å². The van der Waals surface area contributed by atoms with Gasteiger partial charge in [0.15, 0.2) is 4.77 Å². The van der Waals surface area contributed by atoms with Crippen molar-refractivity contribution < 1.29 is 0 Å². The fraction of sp³-hybridized carbons (Fsp3) is 0.800. The van der Waals surface area contributed by atoms with Crippen molar-refractivity contribution in [2.24, 2.45) is 5.92 Å². The summed E-state index contributed by atoms with van der Waals surface area (Å²) in [7, 11) is 0. The number of aryl methyl sites for hydroxylation is 1. The van der Waals surface area contributed by atoms with Crippen LogP contribution in [0, 0.1) is 10.7 Å². The number of nitrogens with one attached hydrogen (secondary N) is 1. The number of rotatable bonds is 4. The van der Waals surface area contributed by atoms with E-state index in [2.05, 4.69) is 10.2 Å². The molecule has 1 aliphatic carbocycles. The van der Waals surface area contributed by atoms with Crippen molar-refractivity contribution in [1.29, 1.82) is 0 Å². The molecule has 0 spiro atoms. The number of H-pyrrole nitrogens is 1. The minimum absolute atomic E-state index is 0.747. The van der Waals surface area contributed by atoms with E-state index in [0.29, 0.717) is 0 Å². The van der Waals surface area contributed by atoms with Crippen LogP contribution >= 0.6 is 12.2 Å². The summed E-state index contributed by atoms with van der Waals surface area (Å²) in [6.45, 7) is 1.02. The maximum absolute atomic E-state index is 5.08. The molecule has 1 aromatic rings. The Balaban J connectivity index is 1.72. The van der Waals surface area contributed by atoms with Gasteiger partial charge >= 0.3 is 0 Å². The Morgan fingerprint density at radius 2 is 2.29 bits per heavy atom. The van der Waals surface area contributed by atoms with Gasteiger partial charge in [0.2, 0.25) is 0 Å². The van der Waals surface area contributed by atoms with Crippen molar-refractivity contribution in [2.75, 3.05) is 0 Å². The highest BCUT2D eigenvalue weighted by atomic mass is 32.1. The van der Waals surface area contributed by atoms with Gasteiger partial charge in [-0.1, -0.05) is 25.7 Å². The summed E-state index contributed by atoms with van der Waals surface area (Å²) in [5.41, 5.74) is 0. The van der Waals surface area contributed by atoms with Crippen LogP contribution < -0.4 is 0 Å². The molecule has 2 rings (SSSR count). The van der Waals surface area contributed by atoms with E-state index in [9.17, 15) is 0 Å². The standard InChI is InChI=1S/C10H17N3S/c14-10-12-11-8-13(10)7-3-6-9-4-1-2-5-9/h8-9H,1-7H2,(H,12,14). The average Bonchev–Trinajstić information content (AvgIpc) is 2.78. The van der Waals surface area contributed by atoms with Crippen LogP contribution in [0.3, 0.4) is 0 Å². The van der Waals surface area contributed by atoms with E-state index in [1.54, 1.807) is 6.33 Å². The molecule has 0 saturated heterocycles. The SMILES string of the molecule is S=c1[nH]ncn1CCCC1CCCC1. The van der Waals surface area contributed by atoms with Crippen LogP contribution in [0.1, 0.15) is 38.5 Å². The van der Waals surface area contributed by atoms with Crippen LogP contribution in [-0.4, -0.2) is 14.8 Å². The van der Waals surface area contributed by atoms with Gasteiger partial charge in [0.05, 0.1) is 0 Å². The molecule has 0 unspecified atom stereocenters. The van der Waals surface area contributed by atoms with Crippen LogP contribution in [0.15, 0.2) is 6.33 Å². The molecular weight excluding hydrogens is 194 g/mol. The molecule has 1 fully saturated rings. The van der Waals surface area contributed by atoms with Crippen molar-refractivity contribution in [3.63, 3.8) is 0 Å². The molecule has 0 aliphatic heterocycles. The van der Waals surface area contributed by atoms with Crippen molar-refractivity contribution in [3.05, 3.63) is 11.1 Å². The lowest BCUT2D eigenvalue weighted by atomic mass is 10.0. The zero-order valence-corrected chi connectivity index (χ0v) is 9.22. The summed E-state index contributed by atoms with van der Waals surface area (Å²) in [6.07, 6.45) is 10.1. The lowest BCUT2D eigenvalue weighted by Gasteiger charge is -2.07. The lowest BCUT2D eigenvalue weighted by molar-refractivity contribution is 0.457. The van der Waals surface area contributed by atoms with Gasteiger partial charge in [-0.15, -0.1) is 0 Å². The first-order valence-electron chi connectivity index (χ1n) is 5.46. The summed E-state index contributed by atoms with van der Waals surface area (Å²) in [5.74, 6) is 0.982. The molecule has 0 bridgehead atoms. The fourth-order valence-electron chi connectivity index (χ4n) is 2.28. The predicted octanol–water partition coefficient (Wildman–Crippen LogP) is 2.91. The third-order valence-corrected chi connectivity index (χ3v) is 3.43. The molecule has 1 N–H and O–H groups in total. The van der Waals surface area contributed by atoms with Crippen molar-refractivity contribution in [1.82, 2.24) is 14.8 Å².